The first-order chi connectivity index (χ1) is 11.8. The topological polar surface area (TPSA) is 63.2 Å². The number of hydrogen-bond acceptors (Lipinski definition) is 3. The quantitative estimate of drug-likeness (QED) is 0.820. The Morgan fingerprint density at radius 3 is 2.32 bits per heavy atom. The van der Waals surface area contributed by atoms with Crippen molar-refractivity contribution in [1.82, 2.24) is 5.32 Å². The van der Waals surface area contributed by atoms with E-state index < -0.39 is 9.84 Å². The highest BCUT2D eigenvalue weighted by molar-refractivity contribution is 7.90. The fourth-order valence-electron chi connectivity index (χ4n) is 2.58. The molecule has 2 aromatic carbocycles. The minimum Gasteiger partial charge on any atom is -0.349 e. The summed E-state index contributed by atoms with van der Waals surface area (Å²) in [5, 5.41) is 2.92. The molecule has 4 nitrogen and oxygen atoms in total. The standard InChI is InChI=1S/C19H22FNO3S/c1-3-18(15-8-11-16(12-9-15)25(2,23)24)21-19(22)13-10-14-6-4-5-7-17(14)20/h4-9,11-12,18H,3,10,13H2,1-2H3,(H,21,22)/t18-/m1/s1. The molecule has 0 bridgehead atoms. The fourth-order valence-corrected chi connectivity index (χ4v) is 3.21. The van der Waals surface area contributed by atoms with Gasteiger partial charge in [-0.2, -0.15) is 0 Å². The van der Waals surface area contributed by atoms with E-state index in [1.165, 1.54) is 6.07 Å². The zero-order valence-electron chi connectivity index (χ0n) is 14.3. The van der Waals surface area contributed by atoms with E-state index in [1.54, 1.807) is 42.5 Å². The molecule has 1 amide bonds. The molecule has 25 heavy (non-hydrogen) atoms. The molecule has 0 heterocycles. The molecule has 2 rings (SSSR count). The lowest BCUT2D eigenvalue weighted by Gasteiger charge is -2.18. The summed E-state index contributed by atoms with van der Waals surface area (Å²) in [5.41, 5.74) is 1.36. The van der Waals surface area contributed by atoms with Crippen LogP contribution in [-0.2, 0) is 21.1 Å². The highest BCUT2D eigenvalue weighted by Gasteiger charge is 2.14. The van der Waals surface area contributed by atoms with Gasteiger partial charge in [0.05, 0.1) is 10.9 Å². The third-order valence-electron chi connectivity index (χ3n) is 4.03. The Balaban J connectivity index is 1.99. The summed E-state index contributed by atoms with van der Waals surface area (Å²) < 4.78 is 36.6. The van der Waals surface area contributed by atoms with Crippen LogP contribution in [0, 0.1) is 5.82 Å². The summed E-state index contributed by atoms with van der Waals surface area (Å²) in [5.74, 6) is -0.471. The number of amides is 1. The fraction of sp³-hybridized carbons (Fsp3) is 0.316. The van der Waals surface area contributed by atoms with E-state index in [0.29, 0.717) is 18.4 Å². The van der Waals surface area contributed by atoms with Crippen molar-refractivity contribution in [3.8, 4) is 0 Å². The van der Waals surface area contributed by atoms with Gasteiger partial charge in [0, 0.05) is 12.7 Å². The van der Waals surface area contributed by atoms with E-state index in [9.17, 15) is 17.6 Å². The molecule has 0 aromatic heterocycles. The summed E-state index contributed by atoms with van der Waals surface area (Å²) in [4.78, 5) is 12.4. The molecule has 0 radical (unpaired) electrons. The van der Waals surface area contributed by atoms with Crippen LogP contribution in [0.15, 0.2) is 53.4 Å². The van der Waals surface area contributed by atoms with Crippen molar-refractivity contribution in [2.75, 3.05) is 6.26 Å². The normalized spacial score (nSPS) is 12.6. The van der Waals surface area contributed by atoms with Gasteiger partial charge in [0.15, 0.2) is 9.84 Å². The van der Waals surface area contributed by atoms with Crippen molar-refractivity contribution in [3.63, 3.8) is 0 Å². The second-order valence-corrected chi connectivity index (χ2v) is 7.98. The number of sulfone groups is 1. The molecule has 0 aliphatic rings. The van der Waals surface area contributed by atoms with Gasteiger partial charge < -0.3 is 5.32 Å². The maximum atomic E-state index is 13.6. The lowest BCUT2D eigenvalue weighted by Crippen LogP contribution is -2.28. The van der Waals surface area contributed by atoms with Gasteiger partial charge in [0.25, 0.3) is 0 Å². The second kappa shape index (κ2) is 8.25. The Bertz CT molecular complexity index is 832. The number of nitrogens with one attached hydrogen (secondary N) is 1. The van der Waals surface area contributed by atoms with E-state index in [1.807, 2.05) is 6.92 Å². The largest absolute Gasteiger partial charge is 0.349 e. The van der Waals surface area contributed by atoms with Crippen LogP contribution in [0.4, 0.5) is 4.39 Å². The van der Waals surface area contributed by atoms with Crippen molar-refractivity contribution >= 4 is 15.7 Å². The Morgan fingerprint density at radius 1 is 1.12 bits per heavy atom. The van der Waals surface area contributed by atoms with Gasteiger partial charge in [-0.05, 0) is 42.2 Å². The van der Waals surface area contributed by atoms with E-state index >= 15 is 0 Å². The Morgan fingerprint density at radius 2 is 1.76 bits per heavy atom. The first-order valence-corrected chi connectivity index (χ1v) is 10.0. The first-order valence-electron chi connectivity index (χ1n) is 8.14. The first kappa shape index (κ1) is 19.1. The summed E-state index contributed by atoms with van der Waals surface area (Å²) in [6, 6.07) is 12.7. The maximum Gasteiger partial charge on any atom is 0.220 e. The molecular formula is C19H22FNO3S. The molecule has 0 spiro atoms. The number of aryl methyl sites for hydroxylation is 1. The van der Waals surface area contributed by atoms with Crippen LogP contribution >= 0.6 is 0 Å². The molecule has 6 heteroatoms. The van der Waals surface area contributed by atoms with Gasteiger partial charge in [-0.1, -0.05) is 37.3 Å². The molecule has 1 atom stereocenters. The molecule has 0 saturated carbocycles. The Labute approximate surface area is 148 Å². The maximum absolute atomic E-state index is 13.6. The molecule has 2 aromatic rings. The average molecular weight is 363 g/mol. The lowest BCUT2D eigenvalue weighted by atomic mass is 10.0. The van der Waals surface area contributed by atoms with Crippen LogP contribution in [0.5, 0.6) is 0 Å². The van der Waals surface area contributed by atoms with Crippen molar-refractivity contribution in [2.24, 2.45) is 0 Å². The molecule has 0 fully saturated rings. The van der Waals surface area contributed by atoms with Crippen molar-refractivity contribution < 1.29 is 17.6 Å². The molecule has 134 valence electrons. The monoisotopic (exact) mass is 363 g/mol. The minimum atomic E-state index is -3.24. The van der Waals surface area contributed by atoms with E-state index in [-0.39, 0.29) is 29.1 Å². The summed E-state index contributed by atoms with van der Waals surface area (Å²) >= 11 is 0. The van der Waals surface area contributed by atoms with Gasteiger partial charge in [-0.3, -0.25) is 4.79 Å². The summed E-state index contributed by atoms with van der Waals surface area (Å²) in [6.45, 7) is 1.94. The van der Waals surface area contributed by atoms with Crippen LogP contribution in [0.25, 0.3) is 0 Å². The van der Waals surface area contributed by atoms with E-state index in [4.69, 9.17) is 0 Å². The second-order valence-electron chi connectivity index (χ2n) is 5.96. The number of hydrogen-bond donors (Lipinski definition) is 1. The Kier molecular flexibility index (Phi) is 6.31. The van der Waals surface area contributed by atoms with Crippen LogP contribution in [0.2, 0.25) is 0 Å². The van der Waals surface area contributed by atoms with Crippen LogP contribution in [0.1, 0.15) is 36.9 Å². The lowest BCUT2D eigenvalue weighted by molar-refractivity contribution is -0.121. The average Bonchev–Trinajstić information content (AvgIpc) is 2.58. The van der Waals surface area contributed by atoms with Gasteiger partial charge in [0.2, 0.25) is 5.91 Å². The van der Waals surface area contributed by atoms with Crippen molar-refractivity contribution in [2.45, 2.75) is 37.1 Å². The van der Waals surface area contributed by atoms with Gasteiger partial charge >= 0.3 is 0 Å². The van der Waals surface area contributed by atoms with E-state index in [0.717, 1.165) is 11.8 Å². The predicted molar refractivity (Wildman–Crippen MR) is 95.4 cm³/mol. The number of carbonyl (C=O) groups excluding carboxylic acids is 1. The molecule has 1 N–H and O–H groups in total. The summed E-state index contributed by atoms with van der Waals surface area (Å²) in [6.07, 6.45) is 2.36. The van der Waals surface area contributed by atoms with Gasteiger partial charge in [-0.25, -0.2) is 12.8 Å². The number of rotatable bonds is 7. The highest BCUT2D eigenvalue weighted by Crippen LogP contribution is 2.19. The molecule has 0 saturated heterocycles. The number of halogens is 1. The van der Waals surface area contributed by atoms with Gasteiger partial charge in [0.1, 0.15) is 5.82 Å². The van der Waals surface area contributed by atoms with Crippen LogP contribution in [0.3, 0.4) is 0 Å². The van der Waals surface area contributed by atoms with Crippen LogP contribution in [-0.4, -0.2) is 20.6 Å². The molecule has 0 aliphatic carbocycles. The minimum absolute atomic E-state index is 0.165. The third kappa shape index (κ3) is 5.39. The number of benzene rings is 2. The molecule has 0 aliphatic heterocycles. The van der Waals surface area contributed by atoms with Crippen molar-refractivity contribution in [3.05, 3.63) is 65.5 Å². The highest BCUT2D eigenvalue weighted by atomic mass is 32.2. The SMILES string of the molecule is CC[C@@H](NC(=O)CCc1ccccc1F)c1ccc(S(C)(=O)=O)cc1. The van der Waals surface area contributed by atoms with Crippen LogP contribution < -0.4 is 5.32 Å². The smallest absolute Gasteiger partial charge is 0.220 e. The summed E-state index contributed by atoms with van der Waals surface area (Å²) in [7, 11) is -3.24. The zero-order valence-corrected chi connectivity index (χ0v) is 15.1. The third-order valence-corrected chi connectivity index (χ3v) is 5.16. The van der Waals surface area contributed by atoms with Gasteiger partial charge in [-0.15, -0.1) is 0 Å². The molecule has 0 unspecified atom stereocenters. The molecular weight excluding hydrogens is 341 g/mol. The number of carbonyl (C=O) groups is 1. The predicted octanol–water partition coefficient (Wildman–Crippen LogP) is 3.43. The van der Waals surface area contributed by atoms with Crippen molar-refractivity contribution in [1.29, 1.82) is 0 Å². The van der Waals surface area contributed by atoms with E-state index in [2.05, 4.69) is 5.32 Å². The zero-order chi connectivity index (χ0) is 18.4. The Hall–Kier alpha value is -2.21.